The van der Waals surface area contributed by atoms with E-state index in [-0.39, 0.29) is 23.0 Å². The molecule has 1 aliphatic carbocycles. The lowest BCUT2D eigenvalue weighted by Crippen LogP contribution is -2.25. The molecule has 0 N–H and O–H groups in total. The molecule has 0 aliphatic heterocycles. The van der Waals surface area contributed by atoms with Gasteiger partial charge in [-0.05, 0) is 67.0 Å². The Morgan fingerprint density at radius 1 is 1.13 bits per heavy atom. The lowest BCUT2D eigenvalue weighted by atomic mass is 9.82. The van der Waals surface area contributed by atoms with Crippen LogP contribution in [-0.2, 0) is 23.1 Å². The van der Waals surface area contributed by atoms with Crippen LogP contribution in [0, 0.1) is 12.8 Å². The molecule has 0 fully saturated rings. The summed E-state index contributed by atoms with van der Waals surface area (Å²) in [6.45, 7) is 8.50. The van der Waals surface area contributed by atoms with Gasteiger partial charge in [0.2, 0.25) is 5.78 Å². The van der Waals surface area contributed by atoms with E-state index in [1.165, 1.54) is 5.56 Å². The van der Waals surface area contributed by atoms with Gasteiger partial charge in [-0.2, -0.15) is 4.79 Å². The van der Waals surface area contributed by atoms with E-state index in [9.17, 15) is 9.59 Å². The highest BCUT2D eigenvalue weighted by atomic mass is 16.2. The minimum atomic E-state index is -0.241. The Bertz CT molecular complexity index is 1240. The van der Waals surface area contributed by atoms with Gasteiger partial charge in [0.1, 0.15) is 0 Å². The van der Waals surface area contributed by atoms with E-state index in [0.717, 1.165) is 33.9 Å². The zero-order valence-corrected chi connectivity index (χ0v) is 18.5. The third-order valence-corrected chi connectivity index (χ3v) is 6.32. The molecule has 1 atom stereocenters. The molecule has 31 heavy (non-hydrogen) atoms. The van der Waals surface area contributed by atoms with E-state index >= 15 is 0 Å². The molecule has 1 heterocycles. The van der Waals surface area contributed by atoms with Crippen LogP contribution in [0.5, 0.6) is 0 Å². The molecule has 1 aliphatic rings. The molecule has 0 bridgehead atoms. The second kappa shape index (κ2) is 7.75. The van der Waals surface area contributed by atoms with Crippen molar-refractivity contribution in [3.05, 3.63) is 75.9 Å². The third-order valence-electron chi connectivity index (χ3n) is 6.32. The fourth-order valence-electron chi connectivity index (χ4n) is 4.49. The molecule has 2 aromatic carbocycles. The summed E-state index contributed by atoms with van der Waals surface area (Å²) in [5.41, 5.74) is 14.6. The highest BCUT2D eigenvalue weighted by molar-refractivity contribution is 6.26. The molecule has 0 saturated carbocycles. The Morgan fingerprint density at radius 2 is 1.84 bits per heavy atom. The molecule has 0 spiro atoms. The molecule has 0 radical (unpaired) electrons. The van der Waals surface area contributed by atoms with Crippen LogP contribution in [-0.4, -0.2) is 27.3 Å². The predicted octanol–water partition coefficient (Wildman–Crippen LogP) is 4.91. The van der Waals surface area contributed by atoms with Crippen molar-refractivity contribution in [2.75, 3.05) is 0 Å². The maximum Gasteiger partial charge on any atom is 0.323 e. The Labute approximate surface area is 182 Å². The molecule has 0 amide bonds. The Hall–Kier alpha value is -3.30. The van der Waals surface area contributed by atoms with E-state index in [1.807, 2.05) is 41.8 Å². The van der Waals surface area contributed by atoms with Gasteiger partial charge in [-0.25, -0.2) is 0 Å². The molecule has 4 rings (SSSR count). The molecule has 158 valence electrons. The fraction of sp³-hybridized carbons (Fsp3) is 0.346. The summed E-state index contributed by atoms with van der Waals surface area (Å²) in [7, 11) is 0. The smallest absolute Gasteiger partial charge is 0.323 e. The number of aryl methyl sites for hydroxylation is 1. The van der Waals surface area contributed by atoms with Crippen molar-refractivity contribution >= 4 is 28.8 Å². The number of carbonyl (C=O) groups is 2. The minimum Gasteiger partial charge on any atom is -0.361 e. The number of rotatable bonds is 3. The average molecular weight is 414 g/mol. The zero-order chi connectivity index (χ0) is 22.3. The number of carbonyl (C=O) groups excluding carboxylic acids is 2. The number of aromatic nitrogens is 1. The fourth-order valence-corrected chi connectivity index (χ4v) is 4.49. The van der Waals surface area contributed by atoms with Crippen molar-refractivity contribution in [1.29, 1.82) is 0 Å². The standard InChI is InChI=1S/C26H27N3O2/c1-16-5-7-17(8-6-16)25(31)29-22-11-9-18(24(30)15-28-27)13-20(22)21-14-19(26(2,3)4)10-12-23(21)29/h5-8,10,12,14-15,18H,9,11,13H2,1-4H3. The SMILES string of the molecule is Cc1ccc(C(=O)n2c3c(c4cc(C(C)(C)C)ccc42)CC(C(=O)C=[N+]=[N-])CC3)cc1. The highest BCUT2D eigenvalue weighted by Crippen LogP contribution is 2.37. The van der Waals surface area contributed by atoms with Crippen LogP contribution in [0.4, 0.5) is 0 Å². The van der Waals surface area contributed by atoms with Crippen LogP contribution in [0.15, 0.2) is 42.5 Å². The Kier molecular flexibility index (Phi) is 5.24. The van der Waals surface area contributed by atoms with Crippen LogP contribution in [0.1, 0.15) is 59.9 Å². The number of Topliss-reactive ketones (excluding diaryl/α,β-unsaturated/α-hetero) is 1. The van der Waals surface area contributed by atoms with Gasteiger partial charge in [-0.3, -0.25) is 14.2 Å². The quantitative estimate of drug-likeness (QED) is 0.347. The van der Waals surface area contributed by atoms with Crippen LogP contribution >= 0.6 is 0 Å². The summed E-state index contributed by atoms with van der Waals surface area (Å²) >= 11 is 0. The van der Waals surface area contributed by atoms with Gasteiger partial charge in [0.25, 0.3) is 5.91 Å². The van der Waals surface area contributed by atoms with Crippen molar-refractivity contribution in [2.45, 2.75) is 52.4 Å². The number of ketones is 1. The molecule has 5 heteroatoms. The van der Waals surface area contributed by atoms with Gasteiger partial charge in [0.05, 0.1) is 5.52 Å². The summed E-state index contributed by atoms with van der Waals surface area (Å²) < 4.78 is 1.84. The summed E-state index contributed by atoms with van der Waals surface area (Å²) in [5.74, 6) is -0.461. The van der Waals surface area contributed by atoms with Crippen LogP contribution in [0.25, 0.3) is 16.4 Å². The number of hydrogen-bond acceptors (Lipinski definition) is 2. The minimum absolute atomic E-state index is 0.0302. The van der Waals surface area contributed by atoms with E-state index in [2.05, 4.69) is 37.7 Å². The van der Waals surface area contributed by atoms with E-state index < -0.39 is 0 Å². The van der Waals surface area contributed by atoms with Crippen LogP contribution in [0.2, 0.25) is 0 Å². The maximum absolute atomic E-state index is 13.5. The van der Waals surface area contributed by atoms with E-state index in [1.54, 1.807) is 0 Å². The van der Waals surface area contributed by atoms with Crippen molar-refractivity contribution < 1.29 is 14.4 Å². The molecule has 0 saturated heterocycles. The van der Waals surface area contributed by atoms with Crippen molar-refractivity contribution in [2.24, 2.45) is 5.92 Å². The first kappa shape index (κ1) is 21.0. The van der Waals surface area contributed by atoms with Gasteiger partial charge < -0.3 is 5.53 Å². The van der Waals surface area contributed by atoms with Crippen LogP contribution < -0.4 is 0 Å². The average Bonchev–Trinajstić information content (AvgIpc) is 3.06. The highest BCUT2D eigenvalue weighted by Gasteiger charge is 2.32. The third kappa shape index (κ3) is 3.77. The lowest BCUT2D eigenvalue weighted by molar-refractivity contribution is -0.119. The molecule has 5 nitrogen and oxygen atoms in total. The first-order valence-electron chi connectivity index (χ1n) is 10.7. The predicted molar refractivity (Wildman–Crippen MR) is 122 cm³/mol. The second-order valence-corrected chi connectivity index (χ2v) is 9.50. The molecular formula is C26H27N3O2. The topological polar surface area (TPSA) is 75.5 Å². The number of nitrogens with zero attached hydrogens (tertiary/aromatic N) is 3. The summed E-state index contributed by atoms with van der Waals surface area (Å²) in [6, 6.07) is 13.9. The van der Waals surface area contributed by atoms with Crippen molar-refractivity contribution in [3.63, 3.8) is 0 Å². The lowest BCUT2D eigenvalue weighted by Gasteiger charge is -2.21. The van der Waals surface area contributed by atoms with Gasteiger partial charge in [-0.15, -0.1) is 0 Å². The molecule has 3 aromatic rings. The molecular weight excluding hydrogens is 386 g/mol. The maximum atomic E-state index is 13.5. The van der Waals surface area contributed by atoms with Crippen molar-refractivity contribution in [3.8, 4) is 0 Å². The first-order chi connectivity index (χ1) is 14.7. The summed E-state index contributed by atoms with van der Waals surface area (Å²) in [5, 5.41) is 1.03. The largest absolute Gasteiger partial charge is 0.361 e. The normalized spacial score (nSPS) is 15.9. The van der Waals surface area contributed by atoms with Gasteiger partial charge >= 0.3 is 6.21 Å². The second-order valence-electron chi connectivity index (χ2n) is 9.50. The Morgan fingerprint density at radius 3 is 2.48 bits per heavy atom. The molecule has 1 aromatic heterocycles. The monoisotopic (exact) mass is 413 g/mol. The number of fused-ring (bicyclic) bond motifs is 3. The molecule has 1 unspecified atom stereocenters. The summed E-state index contributed by atoms with van der Waals surface area (Å²) in [6.07, 6.45) is 2.79. The Balaban J connectivity index is 1.91. The first-order valence-corrected chi connectivity index (χ1v) is 10.7. The summed E-state index contributed by atoms with van der Waals surface area (Å²) in [4.78, 5) is 28.8. The van der Waals surface area contributed by atoms with Gasteiger partial charge in [-0.1, -0.05) is 44.5 Å². The van der Waals surface area contributed by atoms with E-state index in [0.29, 0.717) is 24.8 Å². The van der Waals surface area contributed by atoms with Gasteiger partial charge in [0.15, 0.2) is 0 Å². The zero-order valence-electron chi connectivity index (χ0n) is 18.5. The number of benzene rings is 2. The number of hydrogen-bond donors (Lipinski definition) is 0. The van der Waals surface area contributed by atoms with Crippen molar-refractivity contribution in [1.82, 2.24) is 4.57 Å². The van der Waals surface area contributed by atoms with Gasteiger partial charge in [0, 0.05) is 22.6 Å². The van der Waals surface area contributed by atoms with Crippen LogP contribution in [0.3, 0.4) is 0 Å². The van der Waals surface area contributed by atoms with E-state index in [4.69, 9.17) is 5.53 Å².